The topological polar surface area (TPSA) is 65.6 Å². The van der Waals surface area contributed by atoms with Gasteiger partial charge in [-0.3, -0.25) is 18.9 Å². The summed E-state index contributed by atoms with van der Waals surface area (Å²) in [5, 5.41) is 1.41. The zero-order chi connectivity index (χ0) is 21.5. The molecule has 9 heteroatoms. The summed E-state index contributed by atoms with van der Waals surface area (Å²) in [5.74, 6) is 0.349. The lowest BCUT2D eigenvalue weighted by Gasteiger charge is -2.14. The third-order valence-electron chi connectivity index (χ3n) is 4.78. The Hall–Kier alpha value is -3.19. The Morgan fingerprint density at radius 3 is 2.23 bits per heavy atom. The van der Waals surface area contributed by atoms with Gasteiger partial charge < -0.3 is 0 Å². The number of pyridine rings is 1. The van der Waals surface area contributed by atoms with Crippen LogP contribution in [0.25, 0.3) is 33.9 Å². The number of benzene rings is 2. The van der Waals surface area contributed by atoms with Gasteiger partial charge in [-0.15, -0.1) is 0 Å². The van der Waals surface area contributed by atoms with Gasteiger partial charge >= 0.3 is 0 Å². The minimum atomic E-state index is -0.303. The van der Waals surface area contributed by atoms with Gasteiger partial charge in [0.2, 0.25) is 0 Å². The summed E-state index contributed by atoms with van der Waals surface area (Å²) >= 11 is 18.6. The molecule has 0 atom stereocenters. The maximum Gasteiger partial charge on any atom is 0.285 e. The fourth-order valence-corrected chi connectivity index (χ4v) is 3.97. The van der Waals surface area contributed by atoms with Crippen LogP contribution in [0.1, 0.15) is 0 Å². The highest BCUT2D eigenvalue weighted by atomic mass is 35.5. The van der Waals surface area contributed by atoms with Crippen LogP contribution in [0, 0.1) is 0 Å². The van der Waals surface area contributed by atoms with Crippen molar-refractivity contribution in [3.05, 3.63) is 98.7 Å². The molecular weight excluding hydrogens is 457 g/mol. The minimum absolute atomic E-state index is 0.299. The van der Waals surface area contributed by atoms with Crippen molar-refractivity contribution in [2.75, 3.05) is 0 Å². The first-order chi connectivity index (χ1) is 15.0. The van der Waals surface area contributed by atoms with Crippen molar-refractivity contribution in [1.29, 1.82) is 0 Å². The van der Waals surface area contributed by atoms with Crippen LogP contribution in [0.3, 0.4) is 0 Å². The molecule has 0 saturated carbocycles. The van der Waals surface area contributed by atoms with Crippen LogP contribution in [-0.4, -0.2) is 24.1 Å². The molecule has 5 aromatic rings. The van der Waals surface area contributed by atoms with E-state index in [2.05, 4.69) is 9.97 Å². The molecule has 0 unspecified atom stereocenters. The minimum Gasteiger partial charge on any atom is -0.293 e. The summed E-state index contributed by atoms with van der Waals surface area (Å²) in [6.45, 7) is 0. The number of rotatable bonds is 3. The molecule has 0 aliphatic rings. The van der Waals surface area contributed by atoms with Crippen LogP contribution in [0.2, 0.25) is 15.1 Å². The van der Waals surface area contributed by atoms with Gasteiger partial charge in [-0.05, 0) is 54.6 Å². The largest absolute Gasteiger partial charge is 0.293 e. The predicted molar refractivity (Wildman–Crippen MR) is 123 cm³/mol. The third kappa shape index (κ3) is 3.49. The Morgan fingerprint density at radius 1 is 0.806 bits per heavy atom. The monoisotopic (exact) mass is 467 g/mol. The van der Waals surface area contributed by atoms with Gasteiger partial charge in [0.05, 0.1) is 16.4 Å². The second-order valence-electron chi connectivity index (χ2n) is 6.67. The normalized spacial score (nSPS) is 11.2. The molecule has 0 fully saturated rings. The standard InChI is InChI=1S/C22H12Cl3N5O/c23-13-1-4-16(5-2-13)30-21(17-6-3-14(24)11-18(17)25)28-20-19(22(30)31)29(12-27-20)15-7-9-26-10-8-15/h1-12H. The Balaban J connectivity index is 1.88. The van der Waals surface area contributed by atoms with Gasteiger partial charge in [0.1, 0.15) is 6.33 Å². The fraction of sp³-hybridized carbons (Fsp3) is 0. The Kier molecular flexibility index (Phi) is 4.98. The van der Waals surface area contributed by atoms with Crippen molar-refractivity contribution in [3.8, 4) is 22.8 Å². The molecule has 0 amide bonds. The molecule has 152 valence electrons. The first-order valence-corrected chi connectivity index (χ1v) is 10.3. The zero-order valence-electron chi connectivity index (χ0n) is 15.7. The molecule has 5 rings (SSSR count). The Labute approximate surface area is 191 Å². The highest BCUT2D eigenvalue weighted by Gasteiger charge is 2.20. The Bertz CT molecular complexity index is 1480. The van der Waals surface area contributed by atoms with Crippen LogP contribution in [0.4, 0.5) is 0 Å². The smallest absolute Gasteiger partial charge is 0.285 e. The van der Waals surface area contributed by atoms with E-state index in [9.17, 15) is 4.79 Å². The lowest BCUT2D eigenvalue weighted by Crippen LogP contribution is -2.23. The number of hydrogen-bond acceptors (Lipinski definition) is 4. The predicted octanol–water partition coefficient (Wildman–Crippen LogP) is 5.59. The lowest BCUT2D eigenvalue weighted by molar-refractivity contribution is 0.958. The zero-order valence-corrected chi connectivity index (χ0v) is 18.0. The molecule has 0 aliphatic heterocycles. The van der Waals surface area contributed by atoms with Gasteiger partial charge in [-0.1, -0.05) is 34.8 Å². The van der Waals surface area contributed by atoms with E-state index in [1.165, 1.54) is 4.57 Å². The molecular formula is C22H12Cl3N5O. The molecule has 0 N–H and O–H groups in total. The number of fused-ring (bicyclic) bond motifs is 1. The lowest BCUT2D eigenvalue weighted by atomic mass is 10.2. The number of aromatic nitrogens is 5. The maximum atomic E-state index is 13.8. The van der Waals surface area contributed by atoms with Gasteiger partial charge in [0.25, 0.3) is 5.56 Å². The van der Waals surface area contributed by atoms with E-state index < -0.39 is 0 Å². The number of nitrogens with zero attached hydrogens (tertiary/aromatic N) is 5. The molecule has 0 radical (unpaired) electrons. The number of halogens is 3. The van der Waals surface area contributed by atoms with Gasteiger partial charge in [0.15, 0.2) is 17.0 Å². The van der Waals surface area contributed by atoms with Crippen LogP contribution in [0.15, 0.2) is 78.1 Å². The van der Waals surface area contributed by atoms with E-state index in [-0.39, 0.29) is 5.56 Å². The van der Waals surface area contributed by atoms with E-state index in [0.29, 0.717) is 43.3 Å². The van der Waals surface area contributed by atoms with Gasteiger partial charge in [-0.25, -0.2) is 9.97 Å². The first-order valence-electron chi connectivity index (χ1n) is 9.15. The molecule has 0 spiro atoms. The average molecular weight is 469 g/mol. The van der Waals surface area contributed by atoms with Crippen LogP contribution in [-0.2, 0) is 0 Å². The quantitative estimate of drug-likeness (QED) is 0.346. The van der Waals surface area contributed by atoms with Gasteiger partial charge in [0, 0.05) is 28.0 Å². The van der Waals surface area contributed by atoms with Gasteiger partial charge in [-0.2, -0.15) is 0 Å². The highest BCUT2D eigenvalue weighted by Crippen LogP contribution is 2.31. The van der Waals surface area contributed by atoms with E-state index >= 15 is 0 Å². The van der Waals surface area contributed by atoms with Crippen molar-refractivity contribution in [1.82, 2.24) is 24.1 Å². The van der Waals surface area contributed by atoms with Crippen LogP contribution >= 0.6 is 34.8 Å². The average Bonchev–Trinajstić information content (AvgIpc) is 3.20. The summed E-state index contributed by atoms with van der Waals surface area (Å²) in [6.07, 6.45) is 4.86. The summed E-state index contributed by atoms with van der Waals surface area (Å²) < 4.78 is 3.18. The summed E-state index contributed by atoms with van der Waals surface area (Å²) in [7, 11) is 0. The molecule has 0 bridgehead atoms. The van der Waals surface area contributed by atoms with Crippen molar-refractivity contribution in [3.63, 3.8) is 0 Å². The highest BCUT2D eigenvalue weighted by molar-refractivity contribution is 6.36. The van der Waals surface area contributed by atoms with Crippen LogP contribution in [0.5, 0.6) is 0 Å². The Morgan fingerprint density at radius 2 is 1.52 bits per heavy atom. The number of imidazole rings is 1. The first kappa shape index (κ1) is 19.8. The molecule has 31 heavy (non-hydrogen) atoms. The maximum absolute atomic E-state index is 13.8. The van der Waals surface area contributed by atoms with E-state index in [0.717, 1.165) is 5.69 Å². The SMILES string of the molecule is O=c1c2c(ncn2-c2ccncc2)nc(-c2ccc(Cl)cc2Cl)n1-c1ccc(Cl)cc1. The van der Waals surface area contributed by atoms with Crippen molar-refractivity contribution in [2.24, 2.45) is 0 Å². The molecule has 6 nitrogen and oxygen atoms in total. The van der Waals surface area contributed by atoms with E-state index in [1.54, 1.807) is 77.9 Å². The summed E-state index contributed by atoms with van der Waals surface area (Å²) in [4.78, 5) is 26.9. The van der Waals surface area contributed by atoms with Crippen molar-refractivity contribution >= 4 is 46.0 Å². The van der Waals surface area contributed by atoms with Crippen molar-refractivity contribution < 1.29 is 0 Å². The second kappa shape index (κ2) is 7.81. The summed E-state index contributed by atoms with van der Waals surface area (Å²) in [5.41, 5.74) is 2.22. The van der Waals surface area contributed by atoms with Crippen molar-refractivity contribution in [2.45, 2.75) is 0 Å². The van der Waals surface area contributed by atoms with Crippen LogP contribution < -0.4 is 5.56 Å². The second-order valence-corrected chi connectivity index (χ2v) is 7.95. The molecule has 3 aromatic heterocycles. The van der Waals surface area contributed by atoms with E-state index in [4.69, 9.17) is 39.8 Å². The molecule has 0 aliphatic carbocycles. The number of hydrogen-bond donors (Lipinski definition) is 0. The summed E-state index contributed by atoms with van der Waals surface area (Å²) in [6, 6.07) is 15.5. The molecule has 0 saturated heterocycles. The molecule has 3 heterocycles. The third-order valence-corrected chi connectivity index (χ3v) is 5.58. The fourth-order valence-electron chi connectivity index (χ4n) is 3.35. The molecule has 2 aromatic carbocycles. The van der Waals surface area contributed by atoms with E-state index in [1.807, 2.05) is 0 Å².